The molecule has 0 saturated carbocycles. The summed E-state index contributed by atoms with van der Waals surface area (Å²) in [6.07, 6.45) is 10.4. The van der Waals surface area contributed by atoms with Crippen LogP contribution in [0.3, 0.4) is 0 Å². The minimum Gasteiger partial charge on any atom is -0.236 e. The molecule has 19 heavy (non-hydrogen) atoms. The zero-order valence-corrected chi connectivity index (χ0v) is 12.6. The molecule has 1 aromatic carbocycles. The lowest BCUT2D eigenvalue weighted by Gasteiger charge is -2.07. The van der Waals surface area contributed by atoms with E-state index in [1.54, 1.807) is 0 Å². The highest BCUT2D eigenvalue weighted by atomic mass is 15.1. The van der Waals surface area contributed by atoms with E-state index in [-0.39, 0.29) is 0 Å². The van der Waals surface area contributed by atoms with Gasteiger partial charge < -0.3 is 0 Å². The number of hydrogen-bond donors (Lipinski definition) is 0. The van der Waals surface area contributed by atoms with Gasteiger partial charge in [0.05, 0.1) is 6.54 Å². The van der Waals surface area contributed by atoms with E-state index in [1.807, 2.05) is 0 Å². The van der Waals surface area contributed by atoms with Gasteiger partial charge in [-0.3, -0.25) is 0 Å². The van der Waals surface area contributed by atoms with Crippen LogP contribution in [0.4, 0.5) is 0 Å². The van der Waals surface area contributed by atoms with E-state index in [1.165, 1.54) is 41.6 Å². The van der Waals surface area contributed by atoms with Gasteiger partial charge in [0.15, 0.2) is 0 Å². The maximum Gasteiger partial charge on any atom is 0.248 e. The lowest BCUT2D eigenvalue weighted by atomic mass is 10.1. The number of aryl methyl sites for hydroxylation is 4. The summed E-state index contributed by atoms with van der Waals surface area (Å²) in [5, 5.41) is 0. The topological polar surface area (TPSA) is 8.81 Å². The number of nitrogens with zero attached hydrogens (tertiary/aromatic N) is 2. The molecule has 2 rings (SSSR count). The quantitative estimate of drug-likeness (QED) is 0.568. The molecule has 0 aliphatic heterocycles. The van der Waals surface area contributed by atoms with E-state index in [0.717, 1.165) is 6.54 Å². The highest BCUT2D eigenvalue weighted by molar-refractivity contribution is 5.48. The Balaban J connectivity index is 2.23. The molecule has 1 heterocycles. The standard InChI is InChI=1S/C17H25N2/c1-5-6-7-8-18-9-10-19(13-18)17-15(3)11-14(2)12-16(17)4/h9-13H,5-8H2,1-4H3/q+1. The van der Waals surface area contributed by atoms with Gasteiger partial charge >= 0.3 is 0 Å². The van der Waals surface area contributed by atoms with Crippen LogP contribution in [-0.4, -0.2) is 4.57 Å². The predicted molar refractivity (Wildman–Crippen MR) is 79.7 cm³/mol. The molecular weight excluding hydrogens is 232 g/mol. The Morgan fingerprint density at radius 2 is 1.74 bits per heavy atom. The Bertz CT molecular complexity index is 529. The Morgan fingerprint density at radius 1 is 1.05 bits per heavy atom. The van der Waals surface area contributed by atoms with E-state index < -0.39 is 0 Å². The van der Waals surface area contributed by atoms with Crippen LogP contribution < -0.4 is 4.57 Å². The zero-order chi connectivity index (χ0) is 13.8. The molecule has 2 heteroatoms. The normalized spacial score (nSPS) is 10.9. The number of aromatic nitrogens is 2. The SMILES string of the molecule is CCCCC[n+]1ccn(-c2c(C)cc(C)cc2C)c1. The average molecular weight is 257 g/mol. The zero-order valence-electron chi connectivity index (χ0n) is 12.6. The molecule has 0 fully saturated rings. The van der Waals surface area contributed by atoms with Crippen LogP contribution in [0.15, 0.2) is 30.9 Å². The van der Waals surface area contributed by atoms with Gasteiger partial charge in [-0.2, -0.15) is 0 Å². The molecule has 0 N–H and O–H groups in total. The lowest BCUT2D eigenvalue weighted by Crippen LogP contribution is -2.30. The monoisotopic (exact) mass is 257 g/mol. The van der Waals surface area contributed by atoms with Crippen molar-refractivity contribution in [2.24, 2.45) is 0 Å². The molecule has 0 saturated heterocycles. The van der Waals surface area contributed by atoms with Gasteiger partial charge in [-0.25, -0.2) is 9.13 Å². The third-order valence-corrected chi connectivity index (χ3v) is 3.60. The van der Waals surface area contributed by atoms with Gasteiger partial charge in [0.1, 0.15) is 18.1 Å². The lowest BCUT2D eigenvalue weighted by molar-refractivity contribution is -0.696. The van der Waals surface area contributed by atoms with E-state index in [0.29, 0.717) is 0 Å². The van der Waals surface area contributed by atoms with Gasteiger partial charge in [0.25, 0.3) is 0 Å². The first-order chi connectivity index (χ1) is 9.11. The van der Waals surface area contributed by atoms with E-state index >= 15 is 0 Å². The van der Waals surface area contributed by atoms with Crippen LogP contribution in [0, 0.1) is 20.8 Å². The summed E-state index contributed by atoms with van der Waals surface area (Å²) in [5.74, 6) is 0. The fraction of sp³-hybridized carbons (Fsp3) is 0.471. The first kappa shape index (κ1) is 13.9. The number of rotatable bonds is 5. The highest BCUT2D eigenvalue weighted by Crippen LogP contribution is 2.20. The molecule has 0 atom stereocenters. The van der Waals surface area contributed by atoms with Crippen molar-refractivity contribution >= 4 is 0 Å². The van der Waals surface area contributed by atoms with Crippen molar-refractivity contribution in [3.05, 3.63) is 47.5 Å². The second kappa shape index (κ2) is 6.05. The molecule has 0 amide bonds. The average Bonchev–Trinajstić information content (AvgIpc) is 2.76. The summed E-state index contributed by atoms with van der Waals surface area (Å²) in [5.41, 5.74) is 5.34. The Morgan fingerprint density at radius 3 is 2.37 bits per heavy atom. The van der Waals surface area contributed by atoms with Crippen molar-refractivity contribution in [1.29, 1.82) is 0 Å². The molecule has 0 aliphatic rings. The van der Waals surface area contributed by atoms with Crippen LogP contribution in [0.5, 0.6) is 0 Å². The first-order valence-electron chi connectivity index (χ1n) is 7.27. The molecule has 0 bridgehead atoms. The molecule has 0 unspecified atom stereocenters. The number of hydrogen-bond acceptors (Lipinski definition) is 0. The molecular formula is C17H25N2+. The summed E-state index contributed by atoms with van der Waals surface area (Å²) < 4.78 is 4.53. The maximum atomic E-state index is 2.29. The van der Waals surface area contributed by atoms with E-state index in [4.69, 9.17) is 0 Å². The Kier molecular flexibility index (Phi) is 4.41. The largest absolute Gasteiger partial charge is 0.248 e. The third-order valence-electron chi connectivity index (χ3n) is 3.60. The van der Waals surface area contributed by atoms with Crippen molar-refractivity contribution in [1.82, 2.24) is 4.57 Å². The van der Waals surface area contributed by atoms with Crippen LogP contribution in [0.25, 0.3) is 5.69 Å². The summed E-state index contributed by atoms with van der Waals surface area (Å²) >= 11 is 0. The number of benzene rings is 1. The van der Waals surface area contributed by atoms with E-state index in [2.05, 4.69) is 67.7 Å². The smallest absolute Gasteiger partial charge is 0.236 e. The Labute approximate surface area is 116 Å². The van der Waals surface area contributed by atoms with Crippen LogP contribution in [0.1, 0.15) is 42.9 Å². The van der Waals surface area contributed by atoms with Crippen molar-refractivity contribution < 1.29 is 4.57 Å². The molecule has 0 radical (unpaired) electrons. The van der Waals surface area contributed by atoms with E-state index in [9.17, 15) is 0 Å². The molecule has 1 aromatic heterocycles. The third kappa shape index (κ3) is 3.25. The second-order valence-electron chi connectivity index (χ2n) is 5.51. The highest BCUT2D eigenvalue weighted by Gasteiger charge is 2.12. The minimum absolute atomic E-state index is 1.12. The number of imidazole rings is 1. The summed E-state index contributed by atoms with van der Waals surface area (Å²) in [4.78, 5) is 0. The van der Waals surface area contributed by atoms with Crippen LogP contribution in [0.2, 0.25) is 0 Å². The number of unbranched alkanes of at least 4 members (excludes halogenated alkanes) is 2. The predicted octanol–water partition coefficient (Wildman–Crippen LogP) is 3.88. The van der Waals surface area contributed by atoms with Gasteiger partial charge in [-0.15, -0.1) is 0 Å². The molecule has 2 aromatic rings. The molecule has 0 spiro atoms. The van der Waals surface area contributed by atoms with Crippen molar-refractivity contribution in [3.63, 3.8) is 0 Å². The molecule has 102 valence electrons. The van der Waals surface area contributed by atoms with Gasteiger partial charge in [-0.05, 0) is 44.7 Å². The van der Waals surface area contributed by atoms with Gasteiger partial charge in [-0.1, -0.05) is 31.0 Å². The maximum absolute atomic E-state index is 2.29. The summed E-state index contributed by atoms with van der Waals surface area (Å²) in [6, 6.07) is 4.51. The van der Waals surface area contributed by atoms with Crippen molar-refractivity contribution in [2.45, 2.75) is 53.5 Å². The first-order valence-corrected chi connectivity index (χ1v) is 7.27. The molecule has 0 aliphatic carbocycles. The van der Waals surface area contributed by atoms with Crippen molar-refractivity contribution in [3.8, 4) is 5.69 Å². The van der Waals surface area contributed by atoms with Crippen molar-refractivity contribution in [2.75, 3.05) is 0 Å². The summed E-state index contributed by atoms with van der Waals surface area (Å²) in [6.45, 7) is 9.90. The van der Waals surface area contributed by atoms with Crippen LogP contribution >= 0.6 is 0 Å². The fourth-order valence-electron chi connectivity index (χ4n) is 2.78. The van der Waals surface area contributed by atoms with Crippen LogP contribution in [-0.2, 0) is 6.54 Å². The fourth-order valence-corrected chi connectivity index (χ4v) is 2.78. The Hall–Kier alpha value is -1.57. The molecule has 2 nitrogen and oxygen atoms in total. The summed E-state index contributed by atoms with van der Waals surface area (Å²) in [7, 11) is 0. The second-order valence-corrected chi connectivity index (χ2v) is 5.51. The van der Waals surface area contributed by atoms with Gasteiger partial charge in [0, 0.05) is 0 Å². The minimum atomic E-state index is 1.12. The van der Waals surface area contributed by atoms with Gasteiger partial charge in [0.2, 0.25) is 6.33 Å².